The SMILES string of the molecule is CCC1(CNC(=O)c2cccc([N+](=O)[O-])c2O)CC1. The van der Waals surface area contributed by atoms with Crippen molar-refractivity contribution in [2.75, 3.05) is 6.54 Å². The molecule has 2 N–H and O–H groups in total. The Labute approximate surface area is 110 Å². The van der Waals surface area contributed by atoms with E-state index < -0.39 is 22.3 Å². The van der Waals surface area contributed by atoms with Gasteiger partial charge in [0.05, 0.1) is 10.5 Å². The molecule has 0 heterocycles. The van der Waals surface area contributed by atoms with Gasteiger partial charge in [0.15, 0.2) is 0 Å². The molecule has 0 saturated heterocycles. The number of carbonyl (C=O) groups excluding carboxylic acids is 1. The zero-order chi connectivity index (χ0) is 14.0. The number of nitrogens with zero attached hydrogens (tertiary/aromatic N) is 1. The number of para-hydroxylation sites is 1. The minimum absolute atomic E-state index is 0.0545. The molecule has 1 aliphatic carbocycles. The number of rotatable bonds is 5. The summed E-state index contributed by atoms with van der Waals surface area (Å²) in [5, 5.41) is 23.2. The molecule has 1 aromatic rings. The van der Waals surface area contributed by atoms with Crippen molar-refractivity contribution in [3.63, 3.8) is 0 Å². The first-order valence-corrected chi connectivity index (χ1v) is 6.24. The Hall–Kier alpha value is -2.11. The fourth-order valence-electron chi connectivity index (χ4n) is 2.06. The first-order valence-electron chi connectivity index (χ1n) is 6.24. The van der Waals surface area contributed by atoms with Gasteiger partial charge in [0, 0.05) is 12.6 Å². The van der Waals surface area contributed by atoms with Crippen LogP contribution in [0.15, 0.2) is 18.2 Å². The lowest BCUT2D eigenvalue weighted by Crippen LogP contribution is -2.30. The van der Waals surface area contributed by atoms with Crippen LogP contribution in [-0.4, -0.2) is 22.5 Å². The smallest absolute Gasteiger partial charge is 0.311 e. The van der Waals surface area contributed by atoms with E-state index in [1.54, 1.807) is 0 Å². The van der Waals surface area contributed by atoms with E-state index in [0.717, 1.165) is 19.3 Å². The second kappa shape index (κ2) is 4.87. The van der Waals surface area contributed by atoms with Crippen molar-refractivity contribution in [3.8, 4) is 5.75 Å². The highest BCUT2D eigenvalue weighted by Gasteiger charge is 2.40. The predicted molar refractivity (Wildman–Crippen MR) is 69.1 cm³/mol. The van der Waals surface area contributed by atoms with Gasteiger partial charge >= 0.3 is 5.69 Å². The van der Waals surface area contributed by atoms with Crippen LogP contribution < -0.4 is 5.32 Å². The summed E-state index contributed by atoms with van der Waals surface area (Å²) in [7, 11) is 0. The Morgan fingerprint density at radius 1 is 1.53 bits per heavy atom. The Morgan fingerprint density at radius 2 is 2.21 bits per heavy atom. The highest BCUT2D eigenvalue weighted by Crippen LogP contribution is 2.47. The molecule has 102 valence electrons. The summed E-state index contributed by atoms with van der Waals surface area (Å²) < 4.78 is 0. The Balaban J connectivity index is 2.11. The molecular weight excluding hydrogens is 248 g/mol. The summed E-state index contributed by atoms with van der Waals surface area (Å²) in [6, 6.07) is 3.93. The number of aromatic hydroxyl groups is 1. The summed E-state index contributed by atoms with van der Waals surface area (Å²) in [6.45, 7) is 2.62. The number of nitro groups is 1. The van der Waals surface area contributed by atoms with Crippen molar-refractivity contribution in [3.05, 3.63) is 33.9 Å². The standard InChI is InChI=1S/C13H16N2O4/c1-2-13(6-7-13)8-14-12(17)9-4-3-5-10(11(9)16)15(18)19/h3-5,16H,2,6-8H2,1H3,(H,14,17). The van der Waals surface area contributed by atoms with Gasteiger partial charge in [-0.15, -0.1) is 0 Å². The van der Waals surface area contributed by atoms with Gasteiger partial charge in [-0.2, -0.15) is 0 Å². The maximum atomic E-state index is 11.9. The van der Waals surface area contributed by atoms with Crippen LogP contribution in [0.1, 0.15) is 36.5 Å². The summed E-state index contributed by atoms with van der Waals surface area (Å²) in [5.41, 5.74) is -0.322. The summed E-state index contributed by atoms with van der Waals surface area (Å²) >= 11 is 0. The van der Waals surface area contributed by atoms with Crippen LogP contribution >= 0.6 is 0 Å². The van der Waals surface area contributed by atoms with E-state index in [-0.39, 0.29) is 11.0 Å². The number of amides is 1. The van der Waals surface area contributed by atoms with Crippen molar-refractivity contribution in [1.29, 1.82) is 0 Å². The molecule has 6 heteroatoms. The van der Waals surface area contributed by atoms with Gasteiger partial charge in [0.2, 0.25) is 5.75 Å². The van der Waals surface area contributed by atoms with Crippen molar-refractivity contribution in [2.24, 2.45) is 5.41 Å². The second-order valence-corrected chi connectivity index (χ2v) is 4.97. The Kier molecular flexibility index (Phi) is 3.42. The van der Waals surface area contributed by atoms with E-state index >= 15 is 0 Å². The molecule has 1 saturated carbocycles. The van der Waals surface area contributed by atoms with Crippen molar-refractivity contribution in [1.82, 2.24) is 5.32 Å². The Morgan fingerprint density at radius 3 is 2.74 bits per heavy atom. The molecule has 1 aromatic carbocycles. The zero-order valence-electron chi connectivity index (χ0n) is 10.7. The molecule has 1 fully saturated rings. The minimum atomic E-state index is -0.708. The van der Waals surface area contributed by atoms with E-state index in [0.29, 0.717) is 6.54 Å². The summed E-state index contributed by atoms with van der Waals surface area (Å²) in [5.74, 6) is -1.05. The third kappa shape index (κ3) is 2.67. The molecule has 1 aliphatic rings. The fourth-order valence-corrected chi connectivity index (χ4v) is 2.06. The number of phenolic OH excluding ortho intramolecular Hbond substituents is 1. The van der Waals surface area contributed by atoms with Crippen LogP contribution in [0.4, 0.5) is 5.69 Å². The van der Waals surface area contributed by atoms with E-state index in [1.807, 2.05) is 0 Å². The van der Waals surface area contributed by atoms with Crippen LogP contribution in [0.25, 0.3) is 0 Å². The van der Waals surface area contributed by atoms with Gasteiger partial charge in [0.25, 0.3) is 5.91 Å². The van der Waals surface area contributed by atoms with Crippen molar-refractivity contribution >= 4 is 11.6 Å². The largest absolute Gasteiger partial charge is 0.502 e. The first-order chi connectivity index (χ1) is 8.99. The zero-order valence-corrected chi connectivity index (χ0v) is 10.7. The topological polar surface area (TPSA) is 92.5 Å². The van der Waals surface area contributed by atoms with E-state index in [1.165, 1.54) is 18.2 Å². The van der Waals surface area contributed by atoms with Crippen LogP contribution in [-0.2, 0) is 0 Å². The predicted octanol–water partition coefficient (Wildman–Crippen LogP) is 2.22. The van der Waals surface area contributed by atoms with Gasteiger partial charge in [-0.25, -0.2) is 0 Å². The molecule has 0 aromatic heterocycles. The average Bonchev–Trinajstić information content (AvgIpc) is 3.16. The summed E-state index contributed by atoms with van der Waals surface area (Å²) in [6.07, 6.45) is 3.17. The highest BCUT2D eigenvalue weighted by molar-refractivity contribution is 5.98. The van der Waals surface area contributed by atoms with E-state index in [2.05, 4.69) is 12.2 Å². The fraction of sp³-hybridized carbons (Fsp3) is 0.462. The van der Waals surface area contributed by atoms with Gasteiger partial charge in [0.1, 0.15) is 0 Å². The van der Waals surface area contributed by atoms with Gasteiger partial charge in [-0.3, -0.25) is 14.9 Å². The monoisotopic (exact) mass is 264 g/mol. The Bertz CT molecular complexity index is 523. The maximum Gasteiger partial charge on any atom is 0.311 e. The number of hydrogen-bond donors (Lipinski definition) is 2. The molecule has 19 heavy (non-hydrogen) atoms. The lowest BCUT2D eigenvalue weighted by Gasteiger charge is -2.13. The number of nitro benzene ring substituents is 1. The summed E-state index contributed by atoms with van der Waals surface area (Å²) in [4.78, 5) is 21.9. The lowest BCUT2D eigenvalue weighted by atomic mass is 10.0. The van der Waals surface area contributed by atoms with Gasteiger partial charge in [-0.05, 0) is 30.7 Å². The molecule has 0 bridgehead atoms. The minimum Gasteiger partial charge on any atom is -0.502 e. The third-order valence-electron chi connectivity index (χ3n) is 3.79. The maximum absolute atomic E-state index is 11.9. The highest BCUT2D eigenvalue weighted by atomic mass is 16.6. The number of hydrogen-bond acceptors (Lipinski definition) is 4. The normalized spacial score (nSPS) is 15.8. The number of carbonyl (C=O) groups is 1. The van der Waals surface area contributed by atoms with Crippen LogP contribution in [0.3, 0.4) is 0 Å². The van der Waals surface area contributed by atoms with Gasteiger partial charge < -0.3 is 10.4 Å². The van der Waals surface area contributed by atoms with E-state index in [9.17, 15) is 20.0 Å². The van der Waals surface area contributed by atoms with Crippen LogP contribution in [0, 0.1) is 15.5 Å². The van der Waals surface area contributed by atoms with Gasteiger partial charge in [-0.1, -0.05) is 13.0 Å². The molecule has 0 aliphatic heterocycles. The molecule has 0 unspecified atom stereocenters. The molecule has 0 radical (unpaired) electrons. The number of phenols is 1. The number of nitrogens with one attached hydrogen (secondary N) is 1. The third-order valence-corrected chi connectivity index (χ3v) is 3.79. The number of benzene rings is 1. The quantitative estimate of drug-likeness (QED) is 0.630. The van der Waals surface area contributed by atoms with E-state index in [4.69, 9.17) is 0 Å². The molecule has 0 spiro atoms. The molecule has 1 amide bonds. The molecule has 0 atom stereocenters. The van der Waals surface area contributed by atoms with Crippen molar-refractivity contribution < 1.29 is 14.8 Å². The average molecular weight is 264 g/mol. The second-order valence-electron chi connectivity index (χ2n) is 4.97. The molecular formula is C13H16N2O4. The molecule has 2 rings (SSSR count). The first kappa shape index (κ1) is 13.3. The molecule has 6 nitrogen and oxygen atoms in total. The lowest BCUT2D eigenvalue weighted by molar-refractivity contribution is -0.385. The van der Waals surface area contributed by atoms with Crippen molar-refractivity contribution in [2.45, 2.75) is 26.2 Å². The van der Waals surface area contributed by atoms with Crippen LogP contribution in [0.5, 0.6) is 5.75 Å². The van der Waals surface area contributed by atoms with Crippen LogP contribution in [0.2, 0.25) is 0 Å².